The maximum Gasteiger partial charge on any atom is 0.137 e. The minimum absolute atomic E-state index is 0.269. The van der Waals surface area contributed by atoms with Gasteiger partial charge in [0.1, 0.15) is 11.9 Å². The molecule has 0 radical (unpaired) electrons. The van der Waals surface area contributed by atoms with E-state index < -0.39 is 0 Å². The average Bonchev–Trinajstić information content (AvgIpc) is 2.47. The Kier molecular flexibility index (Phi) is 5.30. The first-order chi connectivity index (χ1) is 9.65. The van der Waals surface area contributed by atoms with Crippen LogP contribution in [0.2, 0.25) is 10.0 Å². The Bertz CT molecular complexity index is 586. The van der Waals surface area contributed by atoms with Crippen LogP contribution in [0.3, 0.4) is 0 Å². The molecule has 4 heteroatoms. The topological polar surface area (TPSA) is 35.2 Å². The van der Waals surface area contributed by atoms with Gasteiger partial charge < -0.3 is 10.5 Å². The highest BCUT2D eigenvalue weighted by Crippen LogP contribution is 2.29. The van der Waals surface area contributed by atoms with E-state index in [-0.39, 0.29) is 6.10 Å². The van der Waals surface area contributed by atoms with Crippen LogP contribution in [0.4, 0.5) is 0 Å². The zero-order chi connectivity index (χ0) is 14.5. The van der Waals surface area contributed by atoms with Crippen LogP contribution in [0.25, 0.3) is 0 Å². The van der Waals surface area contributed by atoms with Gasteiger partial charge in [0.25, 0.3) is 0 Å². The maximum atomic E-state index is 6.19. The van der Waals surface area contributed by atoms with Crippen LogP contribution < -0.4 is 10.5 Å². The largest absolute Gasteiger partial charge is 0.484 e. The van der Waals surface area contributed by atoms with Crippen LogP contribution in [0.15, 0.2) is 42.5 Å². The van der Waals surface area contributed by atoms with Gasteiger partial charge in [0.05, 0.1) is 0 Å². The van der Waals surface area contributed by atoms with Gasteiger partial charge in [0.2, 0.25) is 0 Å². The maximum absolute atomic E-state index is 6.19. The van der Waals surface area contributed by atoms with E-state index in [1.54, 1.807) is 0 Å². The summed E-state index contributed by atoms with van der Waals surface area (Å²) < 4.78 is 5.96. The molecule has 1 atom stereocenters. The number of rotatable bonds is 5. The van der Waals surface area contributed by atoms with E-state index >= 15 is 0 Å². The zero-order valence-electron chi connectivity index (χ0n) is 11.3. The monoisotopic (exact) mass is 309 g/mol. The molecular weight excluding hydrogens is 293 g/mol. The van der Waals surface area contributed by atoms with Crippen molar-refractivity contribution in [1.29, 1.82) is 0 Å². The van der Waals surface area contributed by atoms with Gasteiger partial charge in [0, 0.05) is 22.2 Å². The summed E-state index contributed by atoms with van der Waals surface area (Å²) in [7, 11) is 0. The minimum atomic E-state index is -0.269. The summed E-state index contributed by atoms with van der Waals surface area (Å²) >= 11 is 12.3. The highest BCUT2D eigenvalue weighted by atomic mass is 35.5. The van der Waals surface area contributed by atoms with Crippen LogP contribution in [0, 0.1) is 0 Å². The van der Waals surface area contributed by atoms with Gasteiger partial charge in [-0.2, -0.15) is 0 Å². The van der Waals surface area contributed by atoms with Crippen molar-refractivity contribution in [2.24, 2.45) is 5.73 Å². The molecular formula is C16H17Cl2NO. The Balaban J connectivity index is 2.25. The Labute approximate surface area is 129 Å². The quantitative estimate of drug-likeness (QED) is 0.873. The van der Waals surface area contributed by atoms with Crippen molar-refractivity contribution in [2.45, 2.75) is 19.4 Å². The predicted molar refractivity (Wildman–Crippen MR) is 84.7 cm³/mol. The Morgan fingerprint density at radius 3 is 2.50 bits per heavy atom. The van der Waals surface area contributed by atoms with E-state index in [0.29, 0.717) is 11.6 Å². The van der Waals surface area contributed by atoms with Gasteiger partial charge in [0.15, 0.2) is 0 Å². The fourth-order valence-electron chi connectivity index (χ4n) is 2.03. The number of ether oxygens (including phenoxy) is 1. The van der Waals surface area contributed by atoms with Gasteiger partial charge in [-0.25, -0.2) is 0 Å². The third-order valence-corrected chi connectivity index (χ3v) is 3.86. The summed E-state index contributed by atoms with van der Waals surface area (Å²) in [5.41, 5.74) is 7.76. The van der Waals surface area contributed by atoms with E-state index in [2.05, 4.69) is 6.92 Å². The summed E-state index contributed by atoms with van der Waals surface area (Å²) in [6.07, 6.45) is 0.588. The molecule has 20 heavy (non-hydrogen) atoms. The van der Waals surface area contributed by atoms with Crippen LogP contribution in [-0.2, 0) is 6.42 Å². The Morgan fingerprint density at radius 1 is 1.10 bits per heavy atom. The van der Waals surface area contributed by atoms with Crippen molar-refractivity contribution < 1.29 is 4.74 Å². The fourth-order valence-corrected chi connectivity index (χ4v) is 2.54. The number of hydrogen-bond donors (Lipinski definition) is 1. The molecule has 0 aliphatic rings. The highest BCUT2D eigenvalue weighted by Gasteiger charge is 2.15. The lowest BCUT2D eigenvalue weighted by molar-refractivity contribution is 0.214. The smallest absolute Gasteiger partial charge is 0.137 e. The average molecular weight is 310 g/mol. The molecule has 0 spiro atoms. The molecule has 2 N–H and O–H groups in total. The van der Waals surface area contributed by atoms with Crippen LogP contribution in [-0.4, -0.2) is 6.54 Å². The first-order valence-electron chi connectivity index (χ1n) is 6.55. The second kappa shape index (κ2) is 6.98. The van der Waals surface area contributed by atoms with Gasteiger partial charge in [-0.15, -0.1) is 0 Å². The first kappa shape index (κ1) is 15.2. The van der Waals surface area contributed by atoms with Gasteiger partial charge in [-0.3, -0.25) is 0 Å². The lowest BCUT2D eigenvalue weighted by atomic mass is 10.1. The summed E-state index contributed by atoms with van der Waals surface area (Å²) in [6.45, 7) is 2.41. The molecule has 0 fully saturated rings. The van der Waals surface area contributed by atoms with E-state index in [4.69, 9.17) is 33.7 Å². The number of hydrogen-bond acceptors (Lipinski definition) is 2. The second-order valence-electron chi connectivity index (χ2n) is 4.47. The molecule has 106 valence electrons. The standard InChI is InChI=1S/C16H17Cl2NO/c1-2-11-9-12(7-8-14(11)17)20-16(10-19)13-5-3-4-6-15(13)18/h3-9,16H,2,10,19H2,1H3. The second-order valence-corrected chi connectivity index (χ2v) is 5.28. The molecule has 0 amide bonds. The number of aryl methyl sites for hydroxylation is 1. The normalized spacial score (nSPS) is 12.2. The first-order valence-corrected chi connectivity index (χ1v) is 7.30. The molecule has 2 aromatic carbocycles. The molecule has 2 rings (SSSR count). The Hall–Kier alpha value is -1.22. The van der Waals surface area contributed by atoms with E-state index in [9.17, 15) is 0 Å². The molecule has 0 heterocycles. The van der Waals surface area contributed by atoms with Crippen molar-refractivity contribution in [2.75, 3.05) is 6.54 Å². The molecule has 1 unspecified atom stereocenters. The van der Waals surface area contributed by atoms with Crippen molar-refractivity contribution in [3.8, 4) is 5.75 Å². The highest BCUT2D eigenvalue weighted by molar-refractivity contribution is 6.31. The molecule has 2 aromatic rings. The van der Waals surface area contributed by atoms with Gasteiger partial charge in [-0.05, 0) is 36.2 Å². The van der Waals surface area contributed by atoms with Crippen molar-refractivity contribution in [1.82, 2.24) is 0 Å². The SMILES string of the molecule is CCc1cc(OC(CN)c2ccccc2Cl)ccc1Cl. The fraction of sp³-hybridized carbons (Fsp3) is 0.250. The van der Waals surface area contributed by atoms with E-state index in [1.807, 2.05) is 42.5 Å². The lowest BCUT2D eigenvalue weighted by Gasteiger charge is -2.19. The summed E-state index contributed by atoms with van der Waals surface area (Å²) in [5, 5.41) is 1.41. The van der Waals surface area contributed by atoms with Crippen LogP contribution in [0.5, 0.6) is 5.75 Å². The number of benzene rings is 2. The van der Waals surface area contributed by atoms with Crippen molar-refractivity contribution in [3.63, 3.8) is 0 Å². The molecule has 0 aliphatic heterocycles. The van der Waals surface area contributed by atoms with Crippen LogP contribution in [0.1, 0.15) is 24.2 Å². The molecule has 0 saturated heterocycles. The summed E-state index contributed by atoms with van der Waals surface area (Å²) in [4.78, 5) is 0. The van der Waals surface area contributed by atoms with E-state index in [0.717, 1.165) is 28.3 Å². The minimum Gasteiger partial charge on any atom is -0.484 e. The van der Waals surface area contributed by atoms with Crippen molar-refractivity contribution >= 4 is 23.2 Å². The molecule has 0 aliphatic carbocycles. The predicted octanol–water partition coefficient (Wildman–Crippen LogP) is 4.63. The molecule has 0 bridgehead atoms. The third-order valence-electron chi connectivity index (χ3n) is 3.14. The van der Waals surface area contributed by atoms with Gasteiger partial charge >= 0.3 is 0 Å². The zero-order valence-corrected chi connectivity index (χ0v) is 12.8. The van der Waals surface area contributed by atoms with Crippen molar-refractivity contribution in [3.05, 3.63) is 63.6 Å². The molecule has 0 aromatic heterocycles. The Morgan fingerprint density at radius 2 is 1.85 bits per heavy atom. The van der Waals surface area contributed by atoms with E-state index in [1.165, 1.54) is 0 Å². The summed E-state index contributed by atoms with van der Waals surface area (Å²) in [5.74, 6) is 0.751. The van der Waals surface area contributed by atoms with Crippen LogP contribution >= 0.6 is 23.2 Å². The number of nitrogens with two attached hydrogens (primary N) is 1. The molecule has 2 nitrogen and oxygen atoms in total. The third kappa shape index (κ3) is 3.45. The molecule has 0 saturated carbocycles. The van der Waals surface area contributed by atoms with Gasteiger partial charge in [-0.1, -0.05) is 48.3 Å². The lowest BCUT2D eigenvalue weighted by Crippen LogP contribution is -2.18. The number of halogens is 2. The summed E-state index contributed by atoms with van der Waals surface area (Å²) in [6, 6.07) is 13.2.